The van der Waals surface area contributed by atoms with Crippen LogP contribution in [-0.2, 0) is 29.1 Å². The van der Waals surface area contributed by atoms with Crippen LogP contribution in [0.25, 0.3) is 0 Å². The summed E-state index contributed by atoms with van der Waals surface area (Å²) in [6, 6.07) is 7.84. The van der Waals surface area contributed by atoms with E-state index < -0.39 is 6.10 Å². The maximum atomic E-state index is 13.3. The summed E-state index contributed by atoms with van der Waals surface area (Å²) in [5.74, 6) is 2.43. The number of hydrogen-bond acceptors (Lipinski definition) is 12. The van der Waals surface area contributed by atoms with Gasteiger partial charge in [-0.25, -0.2) is 9.97 Å². The molecule has 242 valence electrons. The van der Waals surface area contributed by atoms with Crippen molar-refractivity contribution in [2.45, 2.75) is 51.5 Å². The number of benzene rings is 1. The molecule has 13 nitrogen and oxygen atoms in total. The van der Waals surface area contributed by atoms with E-state index in [1.165, 1.54) is 17.5 Å². The molecule has 0 bridgehead atoms. The Bertz CT molecular complexity index is 1450. The first-order valence-corrected chi connectivity index (χ1v) is 15.2. The van der Waals surface area contributed by atoms with Crippen molar-refractivity contribution in [3.05, 3.63) is 59.4 Å². The van der Waals surface area contributed by atoms with Crippen LogP contribution in [0.3, 0.4) is 0 Å². The van der Waals surface area contributed by atoms with Gasteiger partial charge in [0.05, 0.1) is 31.6 Å². The van der Waals surface area contributed by atoms with E-state index in [1.54, 1.807) is 24.1 Å². The lowest BCUT2D eigenvalue weighted by Gasteiger charge is -2.39. The van der Waals surface area contributed by atoms with Gasteiger partial charge in [-0.3, -0.25) is 14.5 Å². The molecule has 0 radical (unpaired) electrons. The number of rotatable bonds is 12. The number of nitrogens with one attached hydrogen (secondary N) is 1. The third kappa shape index (κ3) is 8.51. The van der Waals surface area contributed by atoms with E-state index in [0.717, 1.165) is 25.3 Å². The van der Waals surface area contributed by atoms with Crippen molar-refractivity contribution >= 4 is 37.0 Å². The summed E-state index contributed by atoms with van der Waals surface area (Å²) in [6.07, 6.45) is 3.76. The SMILES string of the molecule is CC(=O)N1CC(Nc2cc(C(=O)CC[C@H](O)CN3CCc4cc(OCc5cnco5)ccc4C3)nc(N3CCOCC3)n2)C1.S. The van der Waals surface area contributed by atoms with Crippen LogP contribution in [0.4, 0.5) is 11.8 Å². The highest BCUT2D eigenvalue weighted by Crippen LogP contribution is 2.25. The van der Waals surface area contributed by atoms with Gasteiger partial charge >= 0.3 is 0 Å². The van der Waals surface area contributed by atoms with Gasteiger partial charge in [-0.1, -0.05) is 6.07 Å². The zero-order valence-corrected chi connectivity index (χ0v) is 26.5. The van der Waals surface area contributed by atoms with Crippen molar-refractivity contribution in [1.82, 2.24) is 24.8 Å². The smallest absolute Gasteiger partial charge is 0.228 e. The third-order valence-electron chi connectivity index (χ3n) is 8.28. The average molecular weight is 640 g/mol. The molecule has 45 heavy (non-hydrogen) atoms. The molecule has 3 aliphatic rings. The van der Waals surface area contributed by atoms with E-state index >= 15 is 0 Å². The molecule has 6 rings (SSSR count). The number of aliphatic hydroxyl groups excluding tert-OH is 1. The van der Waals surface area contributed by atoms with Crippen LogP contribution in [0.1, 0.15) is 47.1 Å². The van der Waals surface area contributed by atoms with Crippen LogP contribution in [0.15, 0.2) is 41.3 Å². The number of Topliss-reactive ketones (excluding diaryl/α,β-unsaturated/α-hetero) is 1. The molecule has 1 aromatic carbocycles. The number of carbonyl (C=O) groups is 2. The van der Waals surface area contributed by atoms with Gasteiger partial charge < -0.3 is 34.1 Å². The van der Waals surface area contributed by atoms with Crippen molar-refractivity contribution in [2.75, 3.05) is 62.7 Å². The van der Waals surface area contributed by atoms with Gasteiger partial charge in [0.1, 0.15) is 23.9 Å². The molecule has 2 N–H and O–H groups in total. The van der Waals surface area contributed by atoms with Crippen molar-refractivity contribution in [1.29, 1.82) is 0 Å². The molecule has 0 saturated carbocycles. The number of aromatic nitrogens is 3. The Labute approximate surface area is 269 Å². The number of fused-ring (bicyclic) bond motifs is 1. The number of nitrogens with zero attached hydrogens (tertiary/aromatic N) is 6. The lowest BCUT2D eigenvalue weighted by molar-refractivity contribution is -0.132. The van der Waals surface area contributed by atoms with Gasteiger partial charge in [0, 0.05) is 65.2 Å². The lowest BCUT2D eigenvalue weighted by Crippen LogP contribution is -2.56. The Morgan fingerprint density at radius 2 is 1.96 bits per heavy atom. The summed E-state index contributed by atoms with van der Waals surface area (Å²) in [5, 5.41) is 14.2. The van der Waals surface area contributed by atoms with Crippen LogP contribution in [0.2, 0.25) is 0 Å². The van der Waals surface area contributed by atoms with Crippen molar-refractivity contribution in [3.8, 4) is 5.75 Å². The number of β-amino-alcohol motifs (C(OH)–C–C–N with tert-alkyl or cyclic N) is 1. The minimum Gasteiger partial charge on any atom is -0.486 e. The molecule has 1 atom stereocenters. The lowest BCUT2D eigenvalue weighted by atomic mass is 9.98. The fraction of sp³-hybridized carbons (Fsp3) is 0.516. The number of morpholine rings is 1. The molecule has 1 amide bonds. The van der Waals surface area contributed by atoms with E-state index in [4.69, 9.17) is 13.9 Å². The van der Waals surface area contributed by atoms with E-state index in [2.05, 4.69) is 37.3 Å². The number of aliphatic hydroxyl groups is 1. The molecular weight excluding hydrogens is 598 g/mol. The summed E-state index contributed by atoms with van der Waals surface area (Å²) >= 11 is 0. The third-order valence-corrected chi connectivity index (χ3v) is 8.28. The fourth-order valence-electron chi connectivity index (χ4n) is 5.71. The Kier molecular flexibility index (Phi) is 10.9. The number of ether oxygens (including phenoxy) is 2. The Morgan fingerprint density at radius 1 is 1.13 bits per heavy atom. The van der Waals surface area contributed by atoms with E-state index in [9.17, 15) is 14.7 Å². The molecule has 2 fully saturated rings. The Hall–Kier alpha value is -3.72. The second-order valence-electron chi connectivity index (χ2n) is 11.6. The number of carbonyl (C=O) groups excluding carboxylic acids is 2. The fourth-order valence-corrected chi connectivity index (χ4v) is 5.71. The number of anilines is 2. The first-order valence-electron chi connectivity index (χ1n) is 15.2. The number of hydrogen-bond donors (Lipinski definition) is 2. The maximum absolute atomic E-state index is 13.3. The highest BCUT2D eigenvalue weighted by atomic mass is 32.1. The van der Waals surface area contributed by atoms with Gasteiger partial charge in [-0.15, -0.1) is 0 Å². The van der Waals surface area contributed by atoms with E-state index in [0.29, 0.717) is 82.2 Å². The first-order chi connectivity index (χ1) is 21.4. The molecule has 5 heterocycles. The molecule has 2 aromatic heterocycles. The second kappa shape index (κ2) is 15.0. The highest BCUT2D eigenvalue weighted by Gasteiger charge is 2.29. The average Bonchev–Trinajstić information content (AvgIpc) is 3.54. The summed E-state index contributed by atoms with van der Waals surface area (Å²) in [5.41, 5.74) is 2.77. The Morgan fingerprint density at radius 3 is 2.71 bits per heavy atom. The zero-order chi connectivity index (χ0) is 30.5. The number of likely N-dealkylation sites (tertiary alicyclic amines) is 1. The van der Waals surface area contributed by atoms with Gasteiger partial charge in [0.25, 0.3) is 0 Å². The van der Waals surface area contributed by atoms with Crippen molar-refractivity contribution in [3.63, 3.8) is 0 Å². The molecule has 3 aliphatic heterocycles. The molecule has 0 aliphatic carbocycles. The van der Waals surface area contributed by atoms with Crippen LogP contribution >= 0.6 is 13.5 Å². The molecule has 14 heteroatoms. The summed E-state index contributed by atoms with van der Waals surface area (Å²) in [6.45, 7) is 7.56. The first kappa shape index (κ1) is 32.7. The van der Waals surface area contributed by atoms with Crippen LogP contribution in [-0.4, -0.2) is 106 Å². The summed E-state index contributed by atoms with van der Waals surface area (Å²) in [4.78, 5) is 44.1. The number of ketones is 1. The Balaban J connectivity index is 0.00000400. The zero-order valence-electron chi connectivity index (χ0n) is 25.5. The topological polar surface area (TPSA) is 146 Å². The standard InChI is InChI=1S/C31H39N7O6.H2S/c1-21(39)38-16-24(17-38)33-30-13-28(34-31(35-30)37-8-10-42-11-9-37)29(41)5-3-25(40)18-36-7-6-22-12-26(4-2-23(22)15-36)43-19-27-14-32-20-44-27;/h2,4,12-14,20,24-25,40H,3,5-11,15-19H2,1H3,(H,33,34,35);1H2/t25-;/m0./s1. The van der Waals surface area contributed by atoms with E-state index in [1.807, 2.05) is 11.0 Å². The summed E-state index contributed by atoms with van der Waals surface area (Å²) in [7, 11) is 0. The monoisotopic (exact) mass is 639 g/mol. The molecular formula is C31H41N7O6S. The van der Waals surface area contributed by atoms with Crippen LogP contribution < -0.4 is 15.0 Å². The van der Waals surface area contributed by atoms with Gasteiger partial charge in [-0.05, 0) is 36.1 Å². The van der Waals surface area contributed by atoms with Crippen molar-refractivity contribution < 1.29 is 28.6 Å². The minimum absolute atomic E-state index is 0. The van der Waals surface area contributed by atoms with Gasteiger partial charge in [0.15, 0.2) is 17.9 Å². The predicted octanol–water partition coefficient (Wildman–Crippen LogP) is 2.02. The van der Waals surface area contributed by atoms with Gasteiger partial charge in [0.2, 0.25) is 11.9 Å². The molecule has 0 unspecified atom stereocenters. The van der Waals surface area contributed by atoms with Crippen LogP contribution in [0, 0.1) is 0 Å². The number of amides is 1. The summed E-state index contributed by atoms with van der Waals surface area (Å²) < 4.78 is 16.5. The van der Waals surface area contributed by atoms with Crippen molar-refractivity contribution in [2.24, 2.45) is 0 Å². The quantitative estimate of drug-likeness (QED) is 0.280. The van der Waals surface area contributed by atoms with Gasteiger partial charge in [-0.2, -0.15) is 18.5 Å². The minimum atomic E-state index is -0.643. The molecule has 3 aromatic rings. The van der Waals surface area contributed by atoms with E-state index in [-0.39, 0.29) is 37.6 Å². The molecule has 0 spiro atoms. The normalized spacial score (nSPS) is 17.6. The second-order valence-corrected chi connectivity index (χ2v) is 11.6. The molecule has 2 saturated heterocycles. The number of oxazole rings is 1. The largest absolute Gasteiger partial charge is 0.486 e. The predicted molar refractivity (Wildman–Crippen MR) is 171 cm³/mol. The van der Waals surface area contributed by atoms with Crippen LogP contribution in [0.5, 0.6) is 5.75 Å². The highest BCUT2D eigenvalue weighted by molar-refractivity contribution is 7.59. The maximum Gasteiger partial charge on any atom is 0.228 e.